The van der Waals surface area contributed by atoms with Crippen molar-refractivity contribution in [2.45, 2.75) is 31.4 Å². The molecule has 70 valence electrons. The summed E-state index contributed by atoms with van der Waals surface area (Å²) in [5, 5.41) is 0. The highest BCUT2D eigenvalue weighted by Crippen LogP contribution is 2.34. The first-order valence-corrected chi connectivity index (χ1v) is 4.81. The van der Waals surface area contributed by atoms with E-state index in [0.29, 0.717) is 13.2 Å². The second-order valence-corrected chi connectivity index (χ2v) is 3.83. The molecule has 1 saturated heterocycles. The Morgan fingerprint density at radius 2 is 2.17 bits per heavy atom. The van der Waals surface area contributed by atoms with Crippen molar-refractivity contribution in [1.29, 1.82) is 0 Å². The molecular formula is C9H17NO2. The van der Waals surface area contributed by atoms with Crippen molar-refractivity contribution in [1.82, 2.24) is 0 Å². The average molecular weight is 171 g/mol. The second kappa shape index (κ2) is 3.73. The lowest BCUT2D eigenvalue weighted by Gasteiger charge is -2.27. The molecule has 2 aliphatic rings. The zero-order chi connectivity index (χ0) is 8.39. The van der Waals surface area contributed by atoms with Gasteiger partial charge in [0.2, 0.25) is 0 Å². The molecule has 2 rings (SSSR count). The zero-order valence-corrected chi connectivity index (χ0v) is 7.37. The van der Waals surface area contributed by atoms with Crippen LogP contribution >= 0.6 is 0 Å². The Hall–Kier alpha value is -0.120. The quantitative estimate of drug-likeness (QED) is 0.673. The van der Waals surface area contributed by atoms with Gasteiger partial charge in [-0.2, -0.15) is 0 Å². The fourth-order valence-electron chi connectivity index (χ4n) is 1.64. The van der Waals surface area contributed by atoms with Crippen LogP contribution in [0.3, 0.4) is 0 Å². The third-order valence-electron chi connectivity index (χ3n) is 2.62. The minimum absolute atomic E-state index is 0.152. The lowest BCUT2D eigenvalue weighted by Crippen LogP contribution is -2.43. The minimum Gasteiger partial charge on any atom is -0.376 e. The molecule has 1 saturated carbocycles. The zero-order valence-electron chi connectivity index (χ0n) is 7.37. The van der Waals surface area contributed by atoms with E-state index in [0.717, 1.165) is 18.9 Å². The van der Waals surface area contributed by atoms with Crippen LogP contribution in [0.25, 0.3) is 0 Å². The summed E-state index contributed by atoms with van der Waals surface area (Å²) in [6, 6.07) is 0.192. The smallest absolute Gasteiger partial charge is 0.0960 e. The highest BCUT2D eigenvalue weighted by molar-refractivity contribution is 4.83. The van der Waals surface area contributed by atoms with Gasteiger partial charge in [0.05, 0.1) is 25.9 Å². The minimum atomic E-state index is 0.152. The molecule has 0 radical (unpaired) electrons. The summed E-state index contributed by atoms with van der Waals surface area (Å²) in [4.78, 5) is 0. The summed E-state index contributed by atoms with van der Waals surface area (Å²) < 4.78 is 10.8. The molecule has 3 heteroatoms. The molecule has 2 unspecified atom stereocenters. The lowest BCUT2D eigenvalue weighted by molar-refractivity contribution is -0.0981. The molecule has 2 atom stereocenters. The Bertz CT molecular complexity index is 141. The van der Waals surface area contributed by atoms with E-state index < -0.39 is 0 Å². The van der Waals surface area contributed by atoms with E-state index in [-0.39, 0.29) is 12.1 Å². The van der Waals surface area contributed by atoms with Crippen molar-refractivity contribution < 1.29 is 9.47 Å². The summed E-state index contributed by atoms with van der Waals surface area (Å²) in [6.45, 7) is 2.13. The second-order valence-electron chi connectivity index (χ2n) is 3.83. The fraction of sp³-hybridized carbons (Fsp3) is 1.00. The Morgan fingerprint density at radius 3 is 2.75 bits per heavy atom. The van der Waals surface area contributed by atoms with Crippen LogP contribution in [0.4, 0.5) is 0 Å². The molecule has 0 spiro atoms. The van der Waals surface area contributed by atoms with Gasteiger partial charge in [-0.05, 0) is 12.3 Å². The van der Waals surface area contributed by atoms with Crippen LogP contribution < -0.4 is 5.73 Å². The van der Waals surface area contributed by atoms with Gasteiger partial charge in [0, 0.05) is 6.04 Å². The molecule has 1 aliphatic heterocycles. The average Bonchev–Trinajstić information content (AvgIpc) is 2.90. The highest BCUT2D eigenvalue weighted by atomic mass is 16.6. The number of hydrogen-bond donors (Lipinski definition) is 1. The van der Waals surface area contributed by atoms with Gasteiger partial charge in [0.1, 0.15) is 0 Å². The van der Waals surface area contributed by atoms with E-state index in [1.54, 1.807) is 0 Å². The monoisotopic (exact) mass is 171 g/mol. The molecule has 1 aliphatic carbocycles. The summed E-state index contributed by atoms with van der Waals surface area (Å²) in [5.41, 5.74) is 5.98. The summed E-state index contributed by atoms with van der Waals surface area (Å²) in [5.74, 6) is 0.880. The number of rotatable bonds is 3. The maximum atomic E-state index is 5.98. The van der Waals surface area contributed by atoms with Crippen molar-refractivity contribution in [2.75, 3.05) is 19.8 Å². The van der Waals surface area contributed by atoms with E-state index in [2.05, 4.69) is 0 Å². The molecule has 1 heterocycles. The van der Waals surface area contributed by atoms with Gasteiger partial charge in [-0.1, -0.05) is 12.8 Å². The molecule has 0 aromatic carbocycles. The maximum Gasteiger partial charge on any atom is 0.0960 e. The Balaban J connectivity index is 1.72. The lowest BCUT2D eigenvalue weighted by atomic mass is 10.1. The molecular weight excluding hydrogens is 154 g/mol. The van der Waals surface area contributed by atoms with Crippen molar-refractivity contribution in [3.8, 4) is 0 Å². The molecule has 0 aromatic rings. The molecule has 0 amide bonds. The van der Waals surface area contributed by atoms with E-state index in [1.165, 1.54) is 12.8 Å². The number of hydrogen-bond acceptors (Lipinski definition) is 3. The molecule has 2 N–H and O–H groups in total. The third kappa shape index (κ3) is 2.19. The van der Waals surface area contributed by atoms with E-state index >= 15 is 0 Å². The van der Waals surface area contributed by atoms with Crippen LogP contribution in [0.15, 0.2) is 0 Å². The van der Waals surface area contributed by atoms with E-state index in [4.69, 9.17) is 15.2 Å². The van der Waals surface area contributed by atoms with Crippen LogP contribution in [0.1, 0.15) is 19.3 Å². The van der Waals surface area contributed by atoms with Crippen molar-refractivity contribution in [2.24, 2.45) is 11.7 Å². The van der Waals surface area contributed by atoms with Gasteiger partial charge in [-0.3, -0.25) is 0 Å². The molecule has 12 heavy (non-hydrogen) atoms. The first-order valence-electron chi connectivity index (χ1n) is 4.81. The van der Waals surface area contributed by atoms with Gasteiger partial charge in [0.15, 0.2) is 0 Å². The summed E-state index contributed by atoms with van der Waals surface area (Å²) in [7, 11) is 0. The van der Waals surface area contributed by atoms with Crippen molar-refractivity contribution in [3.05, 3.63) is 0 Å². The predicted molar refractivity (Wildman–Crippen MR) is 45.9 cm³/mol. The van der Waals surface area contributed by atoms with Gasteiger partial charge in [0.25, 0.3) is 0 Å². The SMILES string of the molecule is NC(CC1CC1)C1COCCO1. The standard InChI is InChI=1S/C9H17NO2/c10-8(5-7-1-2-7)9-6-11-3-4-12-9/h7-9H,1-6,10H2. The van der Waals surface area contributed by atoms with Crippen molar-refractivity contribution >= 4 is 0 Å². The molecule has 2 fully saturated rings. The number of ether oxygens (including phenoxy) is 2. The van der Waals surface area contributed by atoms with Gasteiger partial charge in [-0.25, -0.2) is 0 Å². The largest absolute Gasteiger partial charge is 0.376 e. The molecule has 0 bridgehead atoms. The van der Waals surface area contributed by atoms with Crippen LogP contribution in [-0.2, 0) is 9.47 Å². The Labute approximate surface area is 73.2 Å². The first kappa shape index (κ1) is 8.48. The van der Waals surface area contributed by atoms with Crippen LogP contribution in [-0.4, -0.2) is 32.0 Å². The maximum absolute atomic E-state index is 5.98. The van der Waals surface area contributed by atoms with Crippen LogP contribution in [0, 0.1) is 5.92 Å². The van der Waals surface area contributed by atoms with E-state index in [9.17, 15) is 0 Å². The highest BCUT2D eigenvalue weighted by Gasteiger charge is 2.29. The predicted octanol–water partition coefficient (Wildman–Crippen LogP) is 0.529. The number of nitrogens with two attached hydrogens (primary N) is 1. The van der Waals surface area contributed by atoms with Crippen LogP contribution in [0.2, 0.25) is 0 Å². The summed E-state index contributed by atoms with van der Waals surface area (Å²) >= 11 is 0. The molecule has 0 aromatic heterocycles. The van der Waals surface area contributed by atoms with Gasteiger partial charge >= 0.3 is 0 Å². The van der Waals surface area contributed by atoms with E-state index in [1.807, 2.05) is 0 Å². The first-order chi connectivity index (χ1) is 5.86. The van der Waals surface area contributed by atoms with Crippen LogP contribution in [0.5, 0.6) is 0 Å². The topological polar surface area (TPSA) is 44.5 Å². The normalized spacial score (nSPS) is 33.2. The summed E-state index contributed by atoms with van der Waals surface area (Å²) in [6.07, 6.45) is 4.00. The Morgan fingerprint density at radius 1 is 1.33 bits per heavy atom. The van der Waals surface area contributed by atoms with Crippen molar-refractivity contribution in [3.63, 3.8) is 0 Å². The molecule has 3 nitrogen and oxygen atoms in total. The fourth-order valence-corrected chi connectivity index (χ4v) is 1.64. The van der Waals surface area contributed by atoms with Gasteiger partial charge < -0.3 is 15.2 Å². The Kier molecular flexibility index (Phi) is 2.63. The third-order valence-corrected chi connectivity index (χ3v) is 2.62. The van der Waals surface area contributed by atoms with Gasteiger partial charge in [-0.15, -0.1) is 0 Å².